The van der Waals surface area contributed by atoms with Crippen molar-refractivity contribution in [3.8, 4) is 0 Å². The predicted molar refractivity (Wildman–Crippen MR) is 81.7 cm³/mol. The summed E-state index contributed by atoms with van der Waals surface area (Å²) < 4.78 is 10.7. The first-order chi connectivity index (χ1) is 9.13. The number of ether oxygens (including phenoxy) is 2. The van der Waals surface area contributed by atoms with Crippen molar-refractivity contribution in [2.24, 2.45) is 5.92 Å². The molecule has 0 saturated heterocycles. The lowest BCUT2D eigenvalue weighted by Gasteiger charge is -2.05. The molecule has 0 bridgehead atoms. The fraction of sp³-hybridized carbons (Fsp3) is 0.733. The van der Waals surface area contributed by atoms with E-state index in [0.29, 0.717) is 5.92 Å². The lowest BCUT2D eigenvalue weighted by atomic mass is 10.2. The van der Waals surface area contributed by atoms with Crippen LogP contribution in [0.5, 0.6) is 0 Å². The second kappa shape index (κ2) is 9.48. The van der Waals surface area contributed by atoms with Crippen LogP contribution in [0.25, 0.3) is 0 Å². The Bertz CT molecular complexity index is 350. The molecule has 4 heteroatoms. The smallest absolute Gasteiger partial charge is 0.0727 e. The van der Waals surface area contributed by atoms with Crippen molar-refractivity contribution < 1.29 is 9.47 Å². The zero-order valence-corrected chi connectivity index (χ0v) is 13.4. The van der Waals surface area contributed by atoms with E-state index in [1.54, 1.807) is 7.11 Å². The summed E-state index contributed by atoms with van der Waals surface area (Å²) in [5, 5.41) is 3.48. The summed E-state index contributed by atoms with van der Waals surface area (Å²) in [5.41, 5.74) is 1.32. The Balaban J connectivity index is 2.28. The highest BCUT2D eigenvalue weighted by atomic mass is 32.1. The Morgan fingerprint density at radius 2 is 2.11 bits per heavy atom. The standard InChI is InChI=1S/C15H27NO2S/c1-12(2)9-16-10-15-8-14(13(3)19-15)11-18-7-5-6-17-4/h8,12,16H,5-7,9-11H2,1-4H3. The summed E-state index contributed by atoms with van der Waals surface area (Å²) in [4.78, 5) is 2.77. The van der Waals surface area contributed by atoms with E-state index < -0.39 is 0 Å². The van der Waals surface area contributed by atoms with Crippen LogP contribution in [0.15, 0.2) is 6.07 Å². The highest BCUT2D eigenvalue weighted by molar-refractivity contribution is 7.12. The summed E-state index contributed by atoms with van der Waals surface area (Å²) in [6.45, 7) is 10.9. The maximum absolute atomic E-state index is 5.66. The summed E-state index contributed by atoms with van der Waals surface area (Å²) in [7, 11) is 1.72. The van der Waals surface area contributed by atoms with Gasteiger partial charge in [-0.15, -0.1) is 11.3 Å². The molecule has 1 N–H and O–H groups in total. The van der Waals surface area contributed by atoms with Crippen molar-refractivity contribution in [1.29, 1.82) is 0 Å². The SMILES string of the molecule is COCCCOCc1cc(CNCC(C)C)sc1C. The van der Waals surface area contributed by atoms with E-state index in [9.17, 15) is 0 Å². The van der Waals surface area contributed by atoms with Gasteiger partial charge in [0.15, 0.2) is 0 Å². The van der Waals surface area contributed by atoms with Gasteiger partial charge in [0.05, 0.1) is 6.61 Å². The van der Waals surface area contributed by atoms with Gasteiger partial charge in [0, 0.05) is 36.6 Å². The second-order valence-corrected chi connectivity index (χ2v) is 6.56. The molecule has 0 aromatic carbocycles. The average molecular weight is 285 g/mol. The van der Waals surface area contributed by atoms with Crippen molar-refractivity contribution in [3.05, 3.63) is 21.4 Å². The lowest BCUT2D eigenvalue weighted by Crippen LogP contribution is -2.18. The molecular formula is C15H27NO2S. The number of rotatable bonds is 10. The van der Waals surface area contributed by atoms with Crippen molar-refractivity contribution in [3.63, 3.8) is 0 Å². The van der Waals surface area contributed by atoms with E-state index in [4.69, 9.17) is 9.47 Å². The van der Waals surface area contributed by atoms with Gasteiger partial charge < -0.3 is 14.8 Å². The normalized spacial score (nSPS) is 11.4. The highest BCUT2D eigenvalue weighted by Crippen LogP contribution is 2.22. The monoisotopic (exact) mass is 285 g/mol. The Morgan fingerprint density at radius 1 is 1.32 bits per heavy atom. The molecule has 0 aliphatic rings. The minimum atomic E-state index is 0.699. The van der Waals surface area contributed by atoms with Gasteiger partial charge in [-0.25, -0.2) is 0 Å². The van der Waals surface area contributed by atoms with Crippen LogP contribution in [-0.4, -0.2) is 26.9 Å². The van der Waals surface area contributed by atoms with Crippen LogP contribution in [0.4, 0.5) is 0 Å². The molecule has 0 amide bonds. The molecule has 1 heterocycles. The van der Waals surface area contributed by atoms with E-state index in [2.05, 4.69) is 32.2 Å². The van der Waals surface area contributed by atoms with Crippen LogP contribution in [0.1, 0.15) is 35.6 Å². The Labute approximate surface area is 121 Å². The molecule has 0 unspecified atom stereocenters. The largest absolute Gasteiger partial charge is 0.385 e. The van der Waals surface area contributed by atoms with Gasteiger partial charge in [-0.05, 0) is 37.4 Å². The summed E-state index contributed by atoms with van der Waals surface area (Å²) in [6, 6.07) is 2.27. The number of hydrogen-bond donors (Lipinski definition) is 1. The van der Waals surface area contributed by atoms with Gasteiger partial charge in [-0.1, -0.05) is 13.8 Å². The minimum absolute atomic E-state index is 0.699. The van der Waals surface area contributed by atoms with Gasteiger partial charge in [0.2, 0.25) is 0 Å². The maximum Gasteiger partial charge on any atom is 0.0727 e. The Hall–Kier alpha value is -0.420. The number of nitrogens with one attached hydrogen (secondary N) is 1. The molecular weight excluding hydrogens is 258 g/mol. The summed E-state index contributed by atoms with van der Waals surface area (Å²) >= 11 is 1.87. The number of aryl methyl sites for hydroxylation is 1. The Kier molecular flexibility index (Phi) is 8.30. The third-order valence-electron chi connectivity index (χ3n) is 2.82. The molecule has 19 heavy (non-hydrogen) atoms. The highest BCUT2D eigenvalue weighted by Gasteiger charge is 2.05. The zero-order valence-electron chi connectivity index (χ0n) is 12.6. The molecule has 0 fully saturated rings. The van der Waals surface area contributed by atoms with Crippen molar-refractivity contribution in [1.82, 2.24) is 5.32 Å². The summed E-state index contributed by atoms with van der Waals surface area (Å²) in [5.74, 6) is 0.699. The van der Waals surface area contributed by atoms with Crippen LogP contribution in [0.2, 0.25) is 0 Å². The molecule has 3 nitrogen and oxygen atoms in total. The Morgan fingerprint density at radius 3 is 2.79 bits per heavy atom. The number of methoxy groups -OCH3 is 1. The predicted octanol–water partition coefficient (Wildman–Crippen LogP) is 3.36. The zero-order chi connectivity index (χ0) is 14.1. The van der Waals surface area contributed by atoms with Crippen LogP contribution < -0.4 is 5.32 Å². The van der Waals surface area contributed by atoms with Crippen LogP contribution in [0, 0.1) is 12.8 Å². The molecule has 0 aliphatic heterocycles. The van der Waals surface area contributed by atoms with Gasteiger partial charge in [-0.3, -0.25) is 0 Å². The van der Waals surface area contributed by atoms with Crippen LogP contribution >= 0.6 is 11.3 Å². The molecule has 110 valence electrons. The molecule has 1 aromatic heterocycles. The molecule has 1 rings (SSSR count). The molecule has 0 aliphatic carbocycles. The quantitative estimate of drug-likeness (QED) is 0.669. The first-order valence-corrected chi connectivity index (χ1v) is 7.80. The fourth-order valence-electron chi connectivity index (χ4n) is 1.79. The van der Waals surface area contributed by atoms with E-state index in [0.717, 1.165) is 39.3 Å². The topological polar surface area (TPSA) is 30.5 Å². The van der Waals surface area contributed by atoms with Gasteiger partial charge >= 0.3 is 0 Å². The molecule has 0 radical (unpaired) electrons. The van der Waals surface area contributed by atoms with Crippen molar-refractivity contribution in [2.45, 2.75) is 40.3 Å². The molecule has 0 saturated carbocycles. The van der Waals surface area contributed by atoms with E-state index in [1.807, 2.05) is 11.3 Å². The average Bonchev–Trinajstić information content (AvgIpc) is 2.69. The van der Waals surface area contributed by atoms with Gasteiger partial charge in [-0.2, -0.15) is 0 Å². The third-order valence-corrected chi connectivity index (χ3v) is 3.91. The van der Waals surface area contributed by atoms with Crippen molar-refractivity contribution in [2.75, 3.05) is 26.9 Å². The van der Waals surface area contributed by atoms with E-state index in [-0.39, 0.29) is 0 Å². The van der Waals surface area contributed by atoms with Gasteiger partial charge in [0.25, 0.3) is 0 Å². The second-order valence-electron chi connectivity index (χ2n) is 5.22. The first-order valence-electron chi connectivity index (χ1n) is 6.99. The fourth-order valence-corrected chi connectivity index (χ4v) is 2.81. The van der Waals surface area contributed by atoms with E-state index >= 15 is 0 Å². The molecule has 0 spiro atoms. The van der Waals surface area contributed by atoms with Crippen LogP contribution in [0.3, 0.4) is 0 Å². The lowest BCUT2D eigenvalue weighted by molar-refractivity contribution is 0.0928. The van der Waals surface area contributed by atoms with Crippen molar-refractivity contribution >= 4 is 11.3 Å². The van der Waals surface area contributed by atoms with Gasteiger partial charge in [0.1, 0.15) is 0 Å². The first kappa shape index (κ1) is 16.6. The summed E-state index contributed by atoms with van der Waals surface area (Å²) in [6.07, 6.45) is 0.961. The third kappa shape index (κ3) is 7.06. The molecule has 1 aromatic rings. The molecule has 0 atom stereocenters. The number of hydrogen-bond acceptors (Lipinski definition) is 4. The van der Waals surface area contributed by atoms with Crippen LogP contribution in [-0.2, 0) is 22.6 Å². The maximum atomic E-state index is 5.66. The number of thiophene rings is 1. The minimum Gasteiger partial charge on any atom is -0.385 e. The van der Waals surface area contributed by atoms with E-state index in [1.165, 1.54) is 15.3 Å².